The van der Waals surface area contributed by atoms with Gasteiger partial charge in [0.1, 0.15) is 11.9 Å². The molecule has 0 heterocycles. The van der Waals surface area contributed by atoms with Crippen LogP contribution in [0.4, 0.5) is 0 Å². The van der Waals surface area contributed by atoms with E-state index in [4.69, 9.17) is 19.1 Å². The van der Waals surface area contributed by atoms with Crippen molar-refractivity contribution in [2.45, 2.75) is 82.5 Å². The van der Waals surface area contributed by atoms with Crippen molar-refractivity contribution in [1.29, 1.82) is 0 Å². The third-order valence-corrected chi connectivity index (χ3v) is 5.92. The number of ether oxygens (including phenoxy) is 2. The third kappa shape index (κ3) is 12.3. The number of carboxylic acid groups (broad SMARTS) is 1. The van der Waals surface area contributed by atoms with Crippen LogP contribution in [0.2, 0.25) is 0 Å². The number of hydrogen-bond acceptors (Lipinski definition) is 6. The minimum atomic E-state index is -4.87. The second kappa shape index (κ2) is 14.8. The van der Waals surface area contributed by atoms with Crippen LogP contribution in [0.25, 0.3) is 0 Å². The van der Waals surface area contributed by atoms with Crippen LogP contribution in [0, 0.1) is 0 Å². The number of aliphatic carboxylic acids is 1. The van der Waals surface area contributed by atoms with Gasteiger partial charge in [0.2, 0.25) is 0 Å². The van der Waals surface area contributed by atoms with Crippen LogP contribution in [0.5, 0.6) is 5.75 Å². The van der Waals surface area contributed by atoms with Crippen molar-refractivity contribution >= 4 is 22.1 Å². The smallest absolute Gasteiger partial charge is 0.327 e. The standard InChI is InChI=1S/C22H34O8S/c1-2-3-4-5-6-7-9-14-19(30-18-12-10-8-11-13-18)15-16-29-22(25)20(17-21(23)24)31(26,27)28/h8,10-13,19-20H,2-7,9,14-17H2,1H3,(H,23,24)(H,26,27,28). The summed E-state index contributed by atoms with van der Waals surface area (Å²) in [5, 5.41) is 6.62. The summed E-state index contributed by atoms with van der Waals surface area (Å²) in [5.41, 5.74) is 0. The Balaban J connectivity index is 2.55. The molecule has 2 atom stereocenters. The summed E-state index contributed by atoms with van der Waals surface area (Å²) in [6.07, 6.45) is 7.84. The lowest BCUT2D eigenvalue weighted by molar-refractivity contribution is -0.147. The van der Waals surface area contributed by atoms with Crippen LogP contribution in [-0.4, -0.2) is 48.0 Å². The van der Waals surface area contributed by atoms with Gasteiger partial charge < -0.3 is 14.6 Å². The lowest BCUT2D eigenvalue weighted by Crippen LogP contribution is -2.34. The summed E-state index contributed by atoms with van der Waals surface area (Å²) in [6.45, 7) is 2.04. The normalized spacial score (nSPS) is 13.4. The quantitative estimate of drug-likeness (QED) is 0.202. The molecule has 0 saturated heterocycles. The van der Waals surface area contributed by atoms with Crippen molar-refractivity contribution < 1.29 is 37.1 Å². The van der Waals surface area contributed by atoms with E-state index in [2.05, 4.69) is 6.92 Å². The van der Waals surface area contributed by atoms with Crippen LogP contribution >= 0.6 is 0 Å². The van der Waals surface area contributed by atoms with Crippen LogP contribution < -0.4 is 4.74 Å². The summed E-state index contributed by atoms with van der Waals surface area (Å²) in [6, 6.07) is 9.22. The van der Waals surface area contributed by atoms with Crippen LogP contribution in [0.1, 0.15) is 71.1 Å². The molecule has 9 heteroatoms. The van der Waals surface area contributed by atoms with Crippen molar-refractivity contribution in [3.05, 3.63) is 30.3 Å². The van der Waals surface area contributed by atoms with Gasteiger partial charge in [-0.3, -0.25) is 14.1 Å². The molecule has 0 aliphatic heterocycles. The first-order chi connectivity index (χ1) is 14.7. The summed E-state index contributed by atoms with van der Waals surface area (Å²) in [5.74, 6) is -2.12. The van der Waals surface area contributed by atoms with Crippen molar-refractivity contribution in [2.75, 3.05) is 6.61 Å². The monoisotopic (exact) mass is 458 g/mol. The Labute approximate surface area is 184 Å². The topological polar surface area (TPSA) is 127 Å². The van der Waals surface area contributed by atoms with Gasteiger partial charge in [0, 0.05) is 6.42 Å². The Bertz CT molecular complexity index is 748. The molecular weight excluding hydrogens is 424 g/mol. The maximum Gasteiger partial charge on any atom is 0.327 e. The molecule has 2 N–H and O–H groups in total. The maximum absolute atomic E-state index is 12.0. The van der Waals surface area contributed by atoms with Crippen molar-refractivity contribution in [1.82, 2.24) is 0 Å². The van der Waals surface area contributed by atoms with Crippen molar-refractivity contribution in [3.8, 4) is 5.75 Å². The van der Waals surface area contributed by atoms with Gasteiger partial charge in [0.25, 0.3) is 10.1 Å². The Morgan fingerprint density at radius 3 is 2.16 bits per heavy atom. The Morgan fingerprint density at radius 2 is 1.58 bits per heavy atom. The SMILES string of the molecule is CCCCCCCCCC(CCOC(=O)C(CC(=O)O)S(=O)(=O)O)Oc1ccccc1. The van der Waals surface area contributed by atoms with Gasteiger partial charge in [-0.25, -0.2) is 0 Å². The average Bonchev–Trinajstić information content (AvgIpc) is 2.71. The van der Waals surface area contributed by atoms with Gasteiger partial charge in [-0.2, -0.15) is 8.42 Å². The Morgan fingerprint density at radius 1 is 0.968 bits per heavy atom. The van der Waals surface area contributed by atoms with Gasteiger partial charge in [0.15, 0.2) is 5.25 Å². The van der Waals surface area contributed by atoms with E-state index in [1.807, 2.05) is 30.3 Å². The molecule has 2 unspecified atom stereocenters. The van der Waals surface area contributed by atoms with E-state index in [0.29, 0.717) is 12.2 Å². The summed E-state index contributed by atoms with van der Waals surface area (Å²) in [7, 11) is -4.87. The predicted molar refractivity (Wildman–Crippen MR) is 117 cm³/mol. The average molecular weight is 459 g/mol. The minimum absolute atomic E-state index is 0.140. The second-order valence-electron chi connectivity index (χ2n) is 7.52. The van der Waals surface area contributed by atoms with E-state index in [9.17, 15) is 18.0 Å². The lowest BCUT2D eigenvalue weighted by atomic mass is 10.0. The van der Waals surface area contributed by atoms with Crippen LogP contribution in [-0.2, 0) is 24.4 Å². The minimum Gasteiger partial charge on any atom is -0.490 e. The number of rotatable bonds is 17. The highest BCUT2D eigenvalue weighted by Crippen LogP contribution is 2.18. The molecular formula is C22H34O8S. The van der Waals surface area contributed by atoms with E-state index in [1.165, 1.54) is 25.7 Å². The van der Waals surface area contributed by atoms with Gasteiger partial charge in [-0.05, 0) is 25.0 Å². The lowest BCUT2D eigenvalue weighted by Gasteiger charge is -2.20. The fourth-order valence-corrected chi connectivity index (χ4v) is 3.80. The fourth-order valence-electron chi connectivity index (χ4n) is 3.14. The van der Waals surface area contributed by atoms with Gasteiger partial charge >= 0.3 is 11.9 Å². The van der Waals surface area contributed by atoms with Crippen LogP contribution in [0.3, 0.4) is 0 Å². The molecule has 8 nitrogen and oxygen atoms in total. The predicted octanol–water partition coefficient (Wildman–Crippen LogP) is 4.24. The molecule has 1 aromatic carbocycles. The fraction of sp³-hybridized carbons (Fsp3) is 0.636. The number of unbranched alkanes of at least 4 members (excludes halogenated alkanes) is 6. The highest BCUT2D eigenvalue weighted by atomic mass is 32.2. The number of carbonyl (C=O) groups excluding carboxylic acids is 1. The van der Waals surface area contributed by atoms with Gasteiger partial charge in [-0.1, -0.05) is 63.6 Å². The highest BCUT2D eigenvalue weighted by molar-refractivity contribution is 7.87. The third-order valence-electron chi connectivity index (χ3n) is 4.84. The zero-order valence-corrected chi connectivity index (χ0v) is 18.9. The first-order valence-electron chi connectivity index (χ1n) is 10.8. The van der Waals surface area contributed by atoms with Crippen LogP contribution in [0.15, 0.2) is 30.3 Å². The first kappa shape index (κ1) is 26.9. The molecule has 0 aromatic heterocycles. The zero-order valence-electron chi connectivity index (χ0n) is 18.1. The maximum atomic E-state index is 12.0. The molecule has 0 bridgehead atoms. The summed E-state index contributed by atoms with van der Waals surface area (Å²) >= 11 is 0. The summed E-state index contributed by atoms with van der Waals surface area (Å²) in [4.78, 5) is 22.8. The molecule has 0 radical (unpaired) electrons. The van der Waals surface area contributed by atoms with E-state index in [1.54, 1.807) is 0 Å². The zero-order chi connectivity index (χ0) is 23.1. The number of hydrogen-bond donors (Lipinski definition) is 2. The largest absolute Gasteiger partial charge is 0.490 e. The Hall–Kier alpha value is -2.13. The molecule has 176 valence electrons. The van der Waals surface area contributed by atoms with E-state index < -0.39 is 33.7 Å². The molecule has 0 aliphatic rings. The number of para-hydroxylation sites is 1. The van der Waals surface area contributed by atoms with Crippen molar-refractivity contribution in [2.24, 2.45) is 0 Å². The Kier molecular flexibility index (Phi) is 12.8. The molecule has 0 fully saturated rings. The number of carbonyl (C=O) groups is 2. The molecule has 0 spiro atoms. The van der Waals surface area contributed by atoms with Gasteiger partial charge in [0.05, 0.1) is 13.0 Å². The number of esters is 1. The molecule has 0 amide bonds. The van der Waals surface area contributed by atoms with Gasteiger partial charge in [-0.15, -0.1) is 0 Å². The van der Waals surface area contributed by atoms with Crippen molar-refractivity contribution in [3.63, 3.8) is 0 Å². The number of carboxylic acids is 1. The molecule has 31 heavy (non-hydrogen) atoms. The first-order valence-corrected chi connectivity index (χ1v) is 12.3. The highest BCUT2D eigenvalue weighted by Gasteiger charge is 2.35. The molecule has 0 aliphatic carbocycles. The second-order valence-corrected chi connectivity index (χ2v) is 9.12. The summed E-state index contributed by atoms with van der Waals surface area (Å²) < 4.78 is 42.6. The molecule has 1 rings (SSSR count). The van der Waals surface area contributed by atoms with E-state index in [-0.39, 0.29) is 12.7 Å². The van der Waals surface area contributed by atoms with E-state index in [0.717, 1.165) is 25.7 Å². The van der Waals surface area contributed by atoms with E-state index >= 15 is 0 Å². The molecule has 1 aromatic rings. The molecule has 0 saturated carbocycles. The number of benzene rings is 1.